The highest BCUT2D eigenvalue weighted by Gasteiger charge is 2.09. The molecule has 100 valence electrons. The minimum absolute atomic E-state index is 0.167. The van der Waals surface area contributed by atoms with Crippen LogP contribution in [0.25, 0.3) is 0 Å². The van der Waals surface area contributed by atoms with Gasteiger partial charge in [0.2, 0.25) is 0 Å². The predicted octanol–water partition coefficient (Wildman–Crippen LogP) is 1.46. The second-order valence-electron chi connectivity index (χ2n) is 4.27. The average molecular weight is 261 g/mol. The maximum atomic E-state index is 11.8. The minimum Gasteiger partial charge on any atom is -0.478 e. The van der Waals surface area contributed by atoms with Crippen LogP contribution in [0.4, 0.5) is 0 Å². The van der Waals surface area contributed by atoms with Crippen LogP contribution in [0, 0.1) is 0 Å². The lowest BCUT2D eigenvalue weighted by molar-refractivity contribution is 0.0696. The van der Waals surface area contributed by atoms with Crippen molar-refractivity contribution in [3.8, 4) is 0 Å². The van der Waals surface area contributed by atoms with Crippen molar-refractivity contribution < 1.29 is 19.4 Å². The Morgan fingerprint density at radius 2 is 1.89 bits per heavy atom. The number of carbonyl (C=O) groups excluding carboxylic acids is 1. The summed E-state index contributed by atoms with van der Waals surface area (Å²) in [6.07, 6.45) is 2.94. The number of ether oxygens (including phenoxy) is 1. The molecule has 1 aliphatic rings. The number of rotatable bonds is 4. The maximum absolute atomic E-state index is 11.8. The normalized spacial score (nSPS) is 14.6. The lowest BCUT2D eigenvalue weighted by Crippen LogP contribution is -2.27. The van der Waals surface area contributed by atoms with Gasteiger partial charge in [0.05, 0.1) is 18.8 Å². The molecule has 0 saturated heterocycles. The molecule has 2 rings (SSSR count). The molecule has 19 heavy (non-hydrogen) atoms. The van der Waals surface area contributed by atoms with Crippen LogP contribution in [-0.4, -0.2) is 36.7 Å². The number of benzene rings is 1. The molecule has 2 N–H and O–H groups in total. The van der Waals surface area contributed by atoms with Gasteiger partial charge in [0.15, 0.2) is 0 Å². The first kappa shape index (κ1) is 13.3. The van der Waals surface area contributed by atoms with Gasteiger partial charge >= 0.3 is 5.97 Å². The first-order valence-corrected chi connectivity index (χ1v) is 6.04. The van der Waals surface area contributed by atoms with Gasteiger partial charge in [-0.3, -0.25) is 4.79 Å². The highest BCUT2D eigenvalue weighted by Crippen LogP contribution is 2.06. The Hall–Kier alpha value is -2.14. The summed E-state index contributed by atoms with van der Waals surface area (Å²) in [4.78, 5) is 22.5. The second kappa shape index (κ2) is 6.15. The number of nitrogens with one attached hydrogen (secondary N) is 1. The van der Waals surface area contributed by atoms with Gasteiger partial charge in [0.25, 0.3) is 5.91 Å². The van der Waals surface area contributed by atoms with Crippen LogP contribution in [0.3, 0.4) is 0 Å². The van der Waals surface area contributed by atoms with Gasteiger partial charge < -0.3 is 15.2 Å². The molecule has 0 fully saturated rings. The summed E-state index contributed by atoms with van der Waals surface area (Å²) in [5.74, 6) is -1.22. The van der Waals surface area contributed by atoms with E-state index in [1.54, 1.807) is 0 Å². The van der Waals surface area contributed by atoms with Crippen LogP contribution in [0.1, 0.15) is 27.1 Å². The standard InChI is InChI=1S/C14H15NO4/c16-13(15-8-10-2-1-7-19-9-10)11-3-5-12(6-4-11)14(17)18/h2-6H,1,7-9H2,(H,15,16)(H,17,18). The fourth-order valence-corrected chi connectivity index (χ4v) is 1.79. The van der Waals surface area contributed by atoms with E-state index in [1.165, 1.54) is 24.3 Å². The van der Waals surface area contributed by atoms with Gasteiger partial charge in [-0.2, -0.15) is 0 Å². The monoisotopic (exact) mass is 261 g/mol. The Morgan fingerprint density at radius 1 is 1.21 bits per heavy atom. The zero-order valence-corrected chi connectivity index (χ0v) is 10.4. The third-order valence-corrected chi connectivity index (χ3v) is 2.85. The SMILES string of the molecule is O=C(O)c1ccc(C(=O)NCC2=CCCOC2)cc1. The summed E-state index contributed by atoms with van der Waals surface area (Å²) in [5, 5.41) is 11.5. The Morgan fingerprint density at radius 3 is 2.47 bits per heavy atom. The zero-order valence-electron chi connectivity index (χ0n) is 10.4. The van der Waals surface area contributed by atoms with Crippen molar-refractivity contribution in [2.75, 3.05) is 19.8 Å². The Kier molecular flexibility index (Phi) is 4.30. The van der Waals surface area contributed by atoms with Gasteiger partial charge in [0, 0.05) is 12.1 Å². The molecule has 1 aliphatic heterocycles. The molecule has 0 aromatic heterocycles. The number of hydrogen-bond donors (Lipinski definition) is 2. The number of hydrogen-bond acceptors (Lipinski definition) is 3. The summed E-state index contributed by atoms with van der Waals surface area (Å²) >= 11 is 0. The number of carbonyl (C=O) groups is 2. The molecule has 5 nitrogen and oxygen atoms in total. The van der Waals surface area contributed by atoms with Crippen LogP contribution in [-0.2, 0) is 4.74 Å². The number of carboxylic acid groups (broad SMARTS) is 1. The Labute approximate surface area is 110 Å². The molecular weight excluding hydrogens is 246 g/mol. The van der Waals surface area contributed by atoms with Crippen molar-refractivity contribution in [1.29, 1.82) is 0 Å². The molecule has 0 aliphatic carbocycles. The summed E-state index contributed by atoms with van der Waals surface area (Å²) < 4.78 is 5.28. The van der Waals surface area contributed by atoms with E-state index in [-0.39, 0.29) is 11.5 Å². The van der Waals surface area contributed by atoms with Gasteiger partial charge in [-0.15, -0.1) is 0 Å². The topological polar surface area (TPSA) is 75.6 Å². The number of aromatic carboxylic acids is 1. The van der Waals surface area contributed by atoms with Crippen molar-refractivity contribution >= 4 is 11.9 Å². The van der Waals surface area contributed by atoms with E-state index in [4.69, 9.17) is 9.84 Å². The fourth-order valence-electron chi connectivity index (χ4n) is 1.79. The van der Waals surface area contributed by atoms with Gasteiger partial charge in [0.1, 0.15) is 0 Å². The molecule has 1 heterocycles. The highest BCUT2D eigenvalue weighted by atomic mass is 16.5. The number of amides is 1. The zero-order chi connectivity index (χ0) is 13.7. The molecule has 1 aromatic carbocycles. The molecule has 5 heteroatoms. The van der Waals surface area contributed by atoms with Crippen LogP contribution in [0.15, 0.2) is 35.9 Å². The summed E-state index contributed by atoms with van der Waals surface area (Å²) in [5.41, 5.74) is 1.67. The van der Waals surface area contributed by atoms with Gasteiger partial charge in [-0.05, 0) is 36.3 Å². The van der Waals surface area contributed by atoms with Crippen molar-refractivity contribution in [2.45, 2.75) is 6.42 Å². The molecular formula is C14H15NO4. The number of carboxylic acids is 1. The molecule has 0 spiro atoms. The molecule has 0 radical (unpaired) electrons. The Bertz CT molecular complexity index is 505. The molecule has 1 aromatic rings. The quantitative estimate of drug-likeness (QED) is 0.805. The van der Waals surface area contributed by atoms with E-state index in [2.05, 4.69) is 11.4 Å². The first-order chi connectivity index (χ1) is 9.16. The predicted molar refractivity (Wildman–Crippen MR) is 69.3 cm³/mol. The van der Waals surface area contributed by atoms with Crippen molar-refractivity contribution in [3.05, 3.63) is 47.0 Å². The third-order valence-electron chi connectivity index (χ3n) is 2.85. The smallest absolute Gasteiger partial charge is 0.335 e. The van der Waals surface area contributed by atoms with E-state index in [9.17, 15) is 9.59 Å². The van der Waals surface area contributed by atoms with Crippen LogP contribution >= 0.6 is 0 Å². The lowest BCUT2D eigenvalue weighted by Gasteiger charge is -2.14. The third kappa shape index (κ3) is 3.66. The Balaban J connectivity index is 1.92. The largest absolute Gasteiger partial charge is 0.478 e. The van der Waals surface area contributed by atoms with Gasteiger partial charge in [-0.25, -0.2) is 4.79 Å². The van der Waals surface area contributed by atoms with Crippen LogP contribution in [0.2, 0.25) is 0 Å². The maximum Gasteiger partial charge on any atom is 0.335 e. The summed E-state index contributed by atoms with van der Waals surface area (Å²) in [7, 11) is 0. The van der Waals surface area contributed by atoms with E-state index in [1.807, 2.05) is 0 Å². The van der Waals surface area contributed by atoms with Crippen LogP contribution in [0.5, 0.6) is 0 Å². The van der Waals surface area contributed by atoms with Crippen molar-refractivity contribution in [1.82, 2.24) is 5.32 Å². The summed E-state index contributed by atoms with van der Waals surface area (Å²) in [6, 6.07) is 5.84. The van der Waals surface area contributed by atoms with E-state index in [0.29, 0.717) is 18.7 Å². The van der Waals surface area contributed by atoms with E-state index >= 15 is 0 Å². The second-order valence-corrected chi connectivity index (χ2v) is 4.27. The van der Waals surface area contributed by atoms with Crippen LogP contribution < -0.4 is 5.32 Å². The fraction of sp³-hybridized carbons (Fsp3) is 0.286. The van der Waals surface area contributed by atoms with Crippen molar-refractivity contribution in [3.63, 3.8) is 0 Å². The summed E-state index contributed by atoms with van der Waals surface area (Å²) in [6.45, 7) is 1.74. The van der Waals surface area contributed by atoms with Crippen molar-refractivity contribution in [2.24, 2.45) is 0 Å². The highest BCUT2D eigenvalue weighted by molar-refractivity contribution is 5.95. The van der Waals surface area contributed by atoms with Gasteiger partial charge in [-0.1, -0.05) is 6.08 Å². The average Bonchev–Trinajstić information content (AvgIpc) is 2.46. The molecule has 0 bridgehead atoms. The molecule has 0 unspecified atom stereocenters. The minimum atomic E-state index is -1.00. The molecule has 0 saturated carbocycles. The molecule has 0 atom stereocenters. The lowest BCUT2D eigenvalue weighted by atomic mass is 10.1. The first-order valence-electron chi connectivity index (χ1n) is 6.04. The van der Waals surface area contributed by atoms with E-state index < -0.39 is 5.97 Å². The molecule has 1 amide bonds. The van der Waals surface area contributed by atoms with E-state index in [0.717, 1.165) is 18.6 Å².